The SMILES string of the molecule is CNCCNCc1ccc(NC(=O)c2cncc(C#Cc3cnc4cnc(C)cn34)c2)cc1C(F)(F)F. The van der Waals surface area contributed by atoms with Gasteiger partial charge in [0.1, 0.15) is 5.69 Å². The average Bonchev–Trinajstić information content (AvgIpc) is 3.27. The number of benzene rings is 1. The van der Waals surface area contributed by atoms with Gasteiger partial charge in [-0.05, 0) is 43.7 Å². The van der Waals surface area contributed by atoms with Crippen molar-refractivity contribution in [2.24, 2.45) is 0 Å². The molecule has 8 nitrogen and oxygen atoms in total. The number of amides is 1. The van der Waals surface area contributed by atoms with E-state index in [1.54, 1.807) is 23.8 Å². The summed E-state index contributed by atoms with van der Waals surface area (Å²) in [7, 11) is 1.76. The molecular weight excluding hydrogens is 483 g/mol. The van der Waals surface area contributed by atoms with Crippen molar-refractivity contribution in [1.29, 1.82) is 0 Å². The third-order valence-electron chi connectivity index (χ3n) is 5.40. The largest absolute Gasteiger partial charge is 0.416 e. The predicted octanol–water partition coefficient (Wildman–Crippen LogP) is 3.41. The Labute approximate surface area is 211 Å². The van der Waals surface area contributed by atoms with E-state index in [1.165, 1.54) is 30.6 Å². The number of imidazole rings is 1. The molecule has 0 saturated heterocycles. The highest BCUT2D eigenvalue weighted by atomic mass is 19.4. The van der Waals surface area contributed by atoms with Gasteiger partial charge in [0.05, 0.1) is 29.2 Å². The number of hydrogen-bond donors (Lipinski definition) is 3. The van der Waals surface area contributed by atoms with Gasteiger partial charge in [0.15, 0.2) is 5.65 Å². The van der Waals surface area contributed by atoms with Gasteiger partial charge in [-0.2, -0.15) is 13.2 Å². The second kappa shape index (κ2) is 11.2. The third kappa shape index (κ3) is 6.49. The van der Waals surface area contributed by atoms with E-state index in [0.29, 0.717) is 30.0 Å². The average molecular weight is 508 g/mol. The van der Waals surface area contributed by atoms with Gasteiger partial charge in [-0.25, -0.2) is 4.98 Å². The van der Waals surface area contributed by atoms with E-state index < -0.39 is 17.6 Å². The number of hydrogen-bond acceptors (Lipinski definition) is 6. The van der Waals surface area contributed by atoms with Crippen LogP contribution in [0.15, 0.2) is 55.2 Å². The van der Waals surface area contributed by atoms with Gasteiger partial charge < -0.3 is 16.0 Å². The summed E-state index contributed by atoms with van der Waals surface area (Å²) in [5, 5.41) is 8.41. The molecule has 0 aliphatic carbocycles. The van der Waals surface area contributed by atoms with Crippen molar-refractivity contribution in [3.63, 3.8) is 0 Å². The van der Waals surface area contributed by atoms with Crippen molar-refractivity contribution >= 4 is 17.2 Å². The monoisotopic (exact) mass is 507 g/mol. The Hall–Kier alpha value is -4.27. The van der Waals surface area contributed by atoms with Gasteiger partial charge in [-0.1, -0.05) is 12.0 Å². The quantitative estimate of drug-likeness (QED) is 0.262. The van der Waals surface area contributed by atoms with E-state index in [0.717, 1.165) is 11.8 Å². The molecule has 0 unspecified atom stereocenters. The Bertz CT molecular complexity index is 1490. The molecule has 0 saturated carbocycles. The van der Waals surface area contributed by atoms with Crippen LogP contribution in [-0.4, -0.2) is 45.4 Å². The standard InChI is InChI=1S/C26H24F3N7O/c1-17-16-36-22(14-34-24(36)15-33-17)6-3-18-9-20(13-32-11-18)25(37)35-21-5-4-19(12-31-8-7-30-2)23(10-21)26(27,28)29/h4-5,9-11,13-16,30-31H,7-8,12H2,1-2H3,(H,35,37). The maximum absolute atomic E-state index is 13.7. The first-order valence-corrected chi connectivity index (χ1v) is 11.4. The Balaban J connectivity index is 1.51. The summed E-state index contributed by atoms with van der Waals surface area (Å²) in [6.45, 7) is 3.06. The summed E-state index contributed by atoms with van der Waals surface area (Å²) in [6, 6.07) is 5.26. The lowest BCUT2D eigenvalue weighted by Crippen LogP contribution is -2.25. The maximum atomic E-state index is 13.7. The zero-order chi connectivity index (χ0) is 26.4. The van der Waals surface area contributed by atoms with E-state index in [1.807, 2.05) is 13.1 Å². The van der Waals surface area contributed by atoms with Crippen LogP contribution >= 0.6 is 0 Å². The third-order valence-corrected chi connectivity index (χ3v) is 5.40. The predicted molar refractivity (Wildman–Crippen MR) is 133 cm³/mol. The molecule has 190 valence electrons. The molecule has 1 aromatic carbocycles. The van der Waals surface area contributed by atoms with Crippen molar-refractivity contribution in [1.82, 2.24) is 30.0 Å². The Kier molecular flexibility index (Phi) is 7.81. The Morgan fingerprint density at radius 2 is 1.89 bits per heavy atom. The normalized spacial score (nSPS) is 11.3. The van der Waals surface area contributed by atoms with Crippen molar-refractivity contribution in [2.45, 2.75) is 19.6 Å². The van der Waals surface area contributed by atoms with Crippen LogP contribution in [0.1, 0.15) is 38.4 Å². The zero-order valence-corrected chi connectivity index (χ0v) is 20.1. The van der Waals surface area contributed by atoms with Crippen LogP contribution < -0.4 is 16.0 Å². The molecule has 0 radical (unpaired) electrons. The second-order valence-electron chi connectivity index (χ2n) is 8.22. The van der Waals surface area contributed by atoms with Gasteiger partial charge in [0.25, 0.3) is 5.91 Å². The molecule has 0 spiro atoms. The van der Waals surface area contributed by atoms with E-state index in [-0.39, 0.29) is 23.4 Å². The number of alkyl halides is 3. The van der Waals surface area contributed by atoms with Crippen LogP contribution in [0.2, 0.25) is 0 Å². The van der Waals surface area contributed by atoms with Crippen molar-refractivity contribution in [3.8, 4) is 11.8 Å². The van der Waals surface area contributed by atoms with E-state index in [9.17, 15) is 18.0 Å². The Morgan fingerprint density at radius 3 is 2.68 bits per heavy atom. The molecule has 4 aromatic rings. The summed E-state index contributed by atoms with van der Waals surface area (Å²) in [4.78, 5) is 25.3. The fourth-order valence-corrected chi connectivity index (χ4v) is 3.56. The van der Waals surface area contributed by atoms with Crippen LogP contribution in [0.3, 0.4) is 0 Å². The minimum absolute atomic E-state index is 0.0301. The smallest absolute Gasteiger partial charge is 0.322 e. The first-order chi connectivity index (χ1) is 17.7. The molecule has 4 rings (SSSR count). The molecule has 11 heteroatoms. The molecular formula is C26H24F3N7O. The first kappa shape index (κ1) is 25.8. The zero-order valence-electron chi connectivity index (χ0n) is 20.1. The summed E-state index contributed by atoms with van der Waals surface area (Å²) < 4.78 is 42.8. The molecule has 3 heterocycles. The van der Waals surface area contributed by atoms with Gasteiger partial charge in [0.2, 0.25) is 0 Å². The lowest BCUT2D eigenvalue weighted by atomic mass is 10.1. The summed E-state index contributed by atoms with van der Waals surface area (Å²) in [5.74, 6) is 5.35. The number of halogens is 3. The van der Waals surface area contributed by atoms with Crippen LogP contribution in [0, 0.1) is 18.8 Å². The van der Waals surface area contributed by atoms with E-state index in [2.05, 4.69) is 42.7 Å². The number of nitrogens with one attached hydrogen (secondary N) is 3. The highest BCUT2D eigenvalue weighted by molar-refractivity contribution is 6.04. The molecule has 0 aliphatic rings. The molecule has 37 heavy (non-hydrogen) atoms. The lowest BCUT2D eigenvalue weighted by Gasteiger charge is -2.16. The van der Waals surface area contributed by atoms with E-state index >= 15 is 0 Å². The molecule has 0 aliphatic heterocycles. The minimum Gasteiger partial charge on any atom is -0.322 e. The molecule has 1 amide bonds. The number of aromatic nitrogens is 4. The fourth-order valence-electron chi connectivity index (χ4n) is 3.56. The summed E-state index contributed by atoms with van der Waals surface area (Å²) in [6.07, 6.45) is 3.33. The Morgan fingerprint density at radius 1 is 1.05 bits per heavy atom. The fraction of sp³-hybridized carbons (Fsp3) is 0.231. The number of rotatable bonds is 7. The van der Waals surface area contributed by atoms with Crippen LogP contribution in [-0.2, 0) is 12.7 Å². The maximum Gasteiger partial charge on any atom is 0.416 e. The number of aryl methyl sites for hydroxylation is 1. The minimum atomic E-state index is -4.57. The van der Waals surface area contributed by atoms with Crippen LogP contribution in [0.4, 0.5) is 18.9 Å². The number of carbonyl (C=O) groups excluding carboxylic acids is 1. The summed E-state index contributed by atoms with van der Waals surface area (Å²) in [5.41, 5.74) is 2.04. The number of carbonyl (C=O) groups is 1. The number of likely N-dealkylation sites (N-methyl/N-ethyl adjacent to an activating group) is 1. The first-order valence-electron chi connectivity index (χ1n) is 11.4. The van der Waals surface area contributed by atoms with Crippen LogP contribution in [0.5, 0.6) is 0 Å². The number of nitrogens with zero attached hydrogens (tertiary/aromatic N) is 4. The summed E-state index contributed by atoms with van der Waals surface area (Å²) >= 11 is 0. The second-order valence-corrected chi connectivity index (χ2v) is 8.22. The molecule has 0 atom stereocenters. The topological polar surface area (TPSA) is 96.2 Å². The molecule has 3 aromatic heterocycles. The lowest BCUT2D eigenvalue weighted by molar-refractivity contribution is -0.138. The van der Waals surface area contributed by atoms with Gasteiger partial charge in [0, 0.05) is 49.5 Å². The van der Waals surface area contributed by atoms with Gasteiger partial charge in [-0.3, -0.25) is 19.2 Å². The van der Waals surface area contributed by atoms with Crippen LogP contribution in [0.25, 0.3) is 5.65 Å². The van der Waals surface area contributed by atoms with Gasteiger partial charge in [-0.15, -0.1) is 0 Å². The van der Waals surface area contributed by atoms with Crippen molar-refractivity contribution in [2.75, 3.05) is 25.5 Å². The highest BCUT2D eigenvalue weighted by Gasteiger charge is 2.33. The number of fused-ring (bicyclic) bond motifs is 1. The number of pyridine rings is 1. The van der Waals surface area contributed by atoms with Gasteiger partial charge >= 0.3 is 6.18 Å². The molecule has 3 N–H and O–H groups in total. The highest BCUT2D eigenvalue weighted by Crippen LogP contribution is 2.34. The molecule has 0 fully saturated rings. The molecule has 0 bridgehead atoms. The van der Waals surface area contributed by atoms with Crippen molar-refractivity contribution in [3.05, 3.63) is 88.9 Å². The van der Waals surface area contributed by atoms with E-state index in [4.69, 9.17) is 0 Å². The van der Waals surface area contributed by atoms with Crippen molar-refractivity contribution < 1.29 is 18.0 Å². The number of anilines is 1.